The number of hydrogen-bond donors (Lipinski definition) is 0. The van der Waals surface area contributed by atoms with Gasteiger partial charge in [0, 0.05) is 50.9 Å². The van der Waals surface area contributed by atoms with E-state index < -0.39 is 11.2 Å². The van der Waals surface area contributed by atoms with Crippen LogP contribution in [-0.4, -0.2) is 46.7 Å². The van der Waals surface area contributed by atoms with Crippen molar-refractivity contribution in [3.05, 3.63) is 58.8 Å². The summed E-state index contributed by atoms with van der Waals surface area (Å²) in [5.41, 5.74) is 0.0690. The molecule has 0 fully saturated rings. The first-order chi connectivity index (χ1) is 10.5. The Kier molecular flexibility index (Phi) is 4.67. The highest BCUT2D eigenvalue weighted by Gasteiger charge is 2.11. The Morgan fingerprint density at radius 3 is 2.82 bits per heavy atom. The average Bonchev–Trinajstić information content (AvgIpc) is 2.53. The number of rotatable bonds is 5. The molecule has 0 radical (unpaired) electrons. The maximum absolute atomic E-state index is 12.1. The van der Waals surface area contributed by atoms with Crippen molar-refractivity contribution < 1.29 is 9.53 Å². The molecule has 2 heterocycles. The molecule has 0 aliphatic rings. The number of pyridine rings is 1. The monoisotopic (exact) mass is 300 g/mol. The third kappa shape index (κ3) is 3.57. The van der Waals surface area contributed by atoms with Gasteiger partial charge >= 0.3 is 0 Å². The van der Waals surface area contributed by atoms with Crippen molar-refractivity contribution >= 4 is 5.78 Å². The Morgan fingerprint density at radius 1 is 1.36 bits per heavy atom. The van der Waals surface area contributed by atoms with Crippen LogP contribution in [0.25, 0.3) is 5.69 Å². The Balaban J connectivity index is 2.42. The van der Waals surface area contributed by atoms with Crippen molar-refractivity contribution in [3.8, 4) is 11.6 Å². The fraction of sp³-hybridized carbons (Fsp3) is 0.200. The quantitative estimate of drug-likeness (QED) is 0.603. The molecule has 0 aliphatic heterocycles. The van der Waals surface area contributed by atoms with Gasteiger partial charge in [0.15, 0.2) is 5.69 Å². The zero-order valence-corrected chi connectivity index (χ0v) is 12.6. The largest absolute Gasteiger partial charge is 0.481 e. The summed E-state index contributed by atoms with van der Waals surface area (Å²) in [5.74, 6) is -0.0348. The summed E-state index contributed by atoms with van der Waals surface area (Å²) in [6, 6.07) is 4.65. The zero-order valence-electron chi connectivity index (χ0n) is 12.6. The molecule has 0 bridgehead atoms. The van der Waals surface area contributed by atoms with E-state index in [4.69, 9.17) is 4.74 Å². The highest BCUT2D eigenvalue weighted by atomic mass is 16.5. The minimum Gasteiger partial charge on any atom is -0.481 e. The molecule has 0 N–H and O–H groups in total. The van der Waals surface area contributed by atoms with Gasteiger partial charge in [-0.25, -0.2) is 9.67 Å². The maximum Gasteiger partial charge on any atom is 0.215 e. The molecule has 0 atom stereocenters. The van der Waals surface area contributed by atoms with E-state index in [9.17, 15) is 9.59 Å². The van der Waals surface area contributed by atoms with Crippen molar-refractivity contribution in [2.45, 2.75) is 0 Å². The van der Waals surface area contributed by atoms with Crippen LogP contribution >= 0.6 is 0 Å². The van der Waals surface area contributed by atoms with E-state index in [1.165, 1.54) is 30.1 Å². The predicted molar refractivity (Wildman–Crippen MR) is 81.3 cm³/mol. The number of nitrogens with zero attached hydrogens (tertiary/aromatic N) is 4. The van der Waals surface area contributed by atoms with Crippen LogP contribution < -0.4 is 10.2 Å². The molecule has 114 valence electrons. The van der Waals surface area contributed by atoms with Gasteiger partial charge in [0.25, 0.3) is 0 Å². The number of carbonyl (C=O) groups excluding carboxylic acids is 1. The molecule has 7 heteroatoms. The first-order valence-corrected chi connectivity index (χ1v) is 6.50. The standard InChI is InChI=1S/C15H16N4O3/c1-18(2)8-5-12(20)15-13(21)6-9-19(17-15)11-4-7-16-14(10-11)22-3/h4-10H,1-3H3. The SMILES string of the molecule is COc1cc(-n2ccc(=O)c(C(=O)C=CN(C)C)n2)ccn1. The Morgan fingerprint density at radius 2 is 2.14 bits per heavy atom. The summed E-state index contributed by atoms with van der Waals surface area (Å²) in [6.07, 6.45) is 5.92. The maximum atomic E-state index is 12.1. The summed E-state index contributed by atoms with van der Waals surface area (Å²) >= 11 is 0. The van der Waals surface area contributed by atoms with Crippen molar-refractivity contribution in [2.75, 3.05) is 21.2 Å². The van der Waals surface area contributed by atoms with Crippen LogP contribution in [0.4, 0.5) is 0 Å². The van der Waals surface area contributed by atoms with Gasteiger partial charge in [-0.3, -0.25) is 9.59 Å². The molecule has 7 nitrogen and oxygen atoms in total. The van der Waals surface area contributed by atoms with Gasteiger partial charge in [0.2, 0.25) is 17.1 Å². The summed E-state index contributed by atoms with van der Waals surface area (Å²) in [5, 5.41) is 4.10. The molecule has 0 amide bonds. The van der Waals surface area contributed by atoms with Gasteiger partial charge in [-0.2, -0.15) is 5.10 Å². The van der Waals surface area contributed by atoms with Gasteiger partial charge in [0.1, 0.15) is 0 Å². The molecular weight excluding hydrogens is 284 g/mol. The first kappa shape index (κ1) is 15.4. The van der Waals surface area contributed by atoms with Crippen LogP contribution in [-0.2, 0) is 0 Å². The van der Waals surface area contributed by atoms with E-state index in [0.717, 1.165) is 0 Å². The van der Waals surface area contributed by atoms with Crippen LogP contribution in [0.15, 0.2) is 47.7 Å². The number of hydrogen-bond acceptors (Lipinski definition) is 6. The van der Waals surface area contributed by atoms with Crippen molar-refractivity contribution in [1.29, 1.82) is 0 Å². The van der Waals surface area contributed by atoms with E-state index in [0.29, 0.717) is 11.6 Å². The Bertz CT molecular complexity index is 765. The van der Waals surface area contributed by atoms with E-state index >= 15 is 0 Å². The molecule has 0 saturated carbocycles. The summed E-state index contributed by atoms with van der Waals surface area (Å²) in [4.78, 5) is 29.6. The van der Waals surface area contributed by atoms with Crippen LogP contribution in [0, 0.1) is 0 Å². The van der Waals surface area contributed by atoms with Gasteiger partial charge in [0.05, 0.1) is 12.8 Å². The van der Waals surface area contributed by atoms with Gasteiger partial charge in [-0.1, -0.05) is 0 Å². The number of ketones is 1. The van der Waals surface area contributed by atoms with E-state index in [2.05, 4.69) is 10.1 Å². The molecular formula is C15H16N4O3. The summed E-state index contributed by atoms with van der Waals surface area (Å²) < 4.78 is 6.48. The van der Waals surface area contributed by atoms with Crippen molar-refractivity contribution in [2.24, 2.45) is 0 Å². The highest BCUT2D eigenvalue weighted by molar-refractivity contribution is 6.02. The Labute approximate surface area is 127 Å². The topological polar surface area (TPSA) is 77.3 Å². The van der Waals surface area contributed by atoms with E-state index in [-0.39, 0.29) is 5.69 Å². The molecule has 2 aromatic rings. The van der Waals surface area contributed by atoms with Crippen molar-refractivity contribution in [1.82, 2.24) is 19.7 Å². The Hall–Kier alpha value is -2.96. The fourth-order valence-corrected chi connectivity index (χ4v) is 1.67. The zero-order chi connectivity index (χ0) is 16.1. The molecule has 0 aromatic carbocycles. The molecule has 0 spiro atoms. The van der Waals surface area contributed by atoms with Crippen LogP contribution in [0.2, 0.25) is 0 Å². The highest BCUT2D eigenvalue weighted by Crippen LogP contribution is 2.11. The molecule has 2 aromatic heterocycles. The average molecular weight is 300 g/mol. The van der Waals surface area contributed by atoms with Crippen LogP contribution in [0.5, 0.6) is 5.88 Å². The lowest BCUT2D eigenvalue weighted by Gasteiger charge is -2.07. The minimum atomic E-state index is -0.450. The molecule has 22 heavy (non-hydrogen) atoms. The van der Waals surface area contributed by atoms with Crippen LogP contribution in [0.3, 0.4) is 0 Å². The minimum absolute atomic E-state index is 0.142. The normalized spacial score (nSPS) is 10.7. The number of methoxy groups -OCH3 is 1. The lowest BCUT2D eigenvalue weighted by atomic mass is 10.2. The van der Waals surface area contributed by atoms with Gasteiger partial charge in [-0.05, 0) is 6.07 Å². The van der Waals surface area contributed by atoms with E-state index in [1.54, 1.807) is 43.5 Å². The van der Waals surface area contributed by atoms with Gasteiger partial charge < -0.3 is 9.64 Å². The molecule has 0 saturated heterocycles. The first-order valence-electron chi connectivity index (χ1n) is 6.50. The molecule has 0 aliphatic carbocycles. The molecule has 0 unspecified atom stereocenters. The van der Waals surface area contributed by atoms with Gasteiger partial charge in [-0.15, -0.1) is 0 Å². The predicted octanol–water partition coefficient (Wildman–Crippen LogP) is 0.894. The third-order valence-electron chi connectivity index (χ3n) is 2.76. The lowest BCUT2D eigenvalue weighted by molar-refractivity contribution is 0.103. The number of aromatic nitrogens is 3. The number of ether oxygens (including phenoxy) is 1. The van der Waals surface area contributed by atoms with Crippen LogP contribution in [0.1, 0.15) is 10.5 Å². The number of allylic oxidation sites excluding steroid dienone is 1. The lowest BCUT2D eigenvalue weighted by Crippen LogP contribution is -2.20. The number of carbonyl (C=O) groups is 1. The third-order valence-corrected chi connectivity index (χ3v) is 2.76. The van der Waals surface area contributed by atoms with Crippen molar-refractivity contribution in [3.63, 3.8) is 0 Å². The second kappa shape index (κ2) is 6.66. The fourth-order valence-electron chi connectivity index (χ4n) is 1.67. The smallest absolute Gasteiger partial charge is 0.215 e. The molecule has 2 rings (SSSR count). The summed E-state index contributed by atoms with van der Waals surface area (Å²) in [7, 11) is 5.07. The summed E-state index contributed by atoms with van der Waals surface area (Å²) in [6.45, 7) is 0. The second-order valence-electron chi connectivity index (χ2n) is 4.67. The second-order valence-corrected chi connectivity index (χ2v) is 4.67. The van der Waals surface area contributed by atoms with E-state index in [1.807, 2.05) is 0 Å².